The molecule has 1 aromatic carbocycles. The third kappa shape index (κ3) is 5.46. The Balaban J connectivity index is 2.41. The highest BCUT2D eigenvalue weighted by Gasteiger charge is 2.11. The van der Waals surface area contributed by atoms with Crippen molar-refractivity contribution in [2.24, 2.45) is 0 Å². The van der Waals surface area contributed by atoms with Crippen LogP contribution in [0.15, 0.2) is 18.2 Å². The van der Waals surface area contributed by atoms with Gasteiger partial charge in [-0.15, -0.1) is 0 Å². The number of hydrogen-bond donors (Lipinski definition) is 2. The molecular formula is C12H13Cl2NO4. The van der Waals surface area contributed by atoms with E-state index in [0.29, 0.717) is 15.6 Å². The number of rotatable bonds is 6. The zero-order valence-electron chi connectivity index (χ0n) is 10.2. The van der Waals surface area contributed by atoms with Gasteiger partial charge in [-0.2, -0.15) is 0 Å². The highest BCUT2D eigenvalue weighted by Crippen LogP contribution is 2.18. The number of carboxylic acid groups (broad SMARTS) is 1. The number of carbonyl (C=O) groups is 2. The Hall–Kier alpha value is -1.30. The molecule has 0 fully saturated rings. The normalized spacial score (nSPS) is 11.9. The van der Waals surface area contributed by atoms with Crippen LogP contribution in [0.25, 0.3) is 0 Å². The fourth-order valence-electron chi connectivity index (χ4n) is 1.26. The molecule has 1 amide bonds. The SMILES string of the molecule is CC(OCCNC(=O)c1cc(Cl)cc(Cl)c1)C(=O)O. The Bertz CT molecular complexity index is 459. The van der Waals surface area contributed by atoms with Gasteiger partial charge >= 0.3 is 5.97 Å². The van der Waals surface area contributed by atoms with Gasteiger partial charge in [0, 0.05) is 22.2 Å². The van der Waals surface area contributed by atoms with Gasteiger partial charge in [0.25, 0.3) is 5.91 Å². The number of halogens is 2. The number of hydrogen-bond acceptors (Lipinski definition) is 3. The summed E-state index contributed by atoms with van der Waals surface area (Å²) in [7, 11) is 0. The van der Waals surface area contributed by atoms with Crippen LogP contribution in [0.4, 0.5) is 0 Å². The standard InChI is InChI=1S/C12H13Cl2NO4/c1-7(12(17)18)19-3-2-15-11(16)8-4-9(13)6-10(14)5-8/h4-7H,2-3H2,1H3,(H,15,16)(H,17,18). The molecule has 1 rings (SSSR count). The van der Waals surface area contributed by atoms with Crippen LogP contribution in [0.5, 0.6) is 0 Å². The molecule has 0 radical (unpaired) electrons. The van der Waals surface area contributed by atoms with Gasteiger partial charge in [-0.05, 0) is 25.1 Å². The number of benzene rings is 1. The molecule has 2 N–H and O–H groups in total. The van der Waals surface area contributed by atoms with E-state index >= 15 is 0 Å². The Kier molecular flexibility index (Phi) is 6.08. The minimum Gasteiger partial charge on any atom is -0.479 e. The summed E-state index contributed by atoms with van der Waals surface area (Å²) in [5, 5.41) is 11.9. The van der Waals surface area contributed by atoms with Gasteiger partial charge < -0.3 is 15.2 Å². The van der Waals surface area contributed by atoms with E-state index in [0.717, 1.165) is 0 Å². The maximum absolute atomic E-state index is 11.7. The Labute approximate surface area is 120 Å². The summed E-state index contributed by atoms with van der Waals surface area (Å²) in [6, 6.07) is 4.50. The molecule has 1 atom stereocenters. The molecular weight excluding hydrogens is 293 g/mol. The molecule has 0 spiro atoms. The summed E-state index contributed by atoms with van der Waals surface area (Å²) in [6.45, 7) is 1.72. The number of aliphatic carboxylic acids is 1. The van der Waals surface area contributed by atoms with Gasteiger partial charge in [0.05, 0.1) is 6.61 Å². The Morgan fingerprint density at radius 3 is 2.42 bits per heavy atom. The second-order valence-electron chi connectivity index (χ2n) is 3.77. The molecule has 0 saturated heterocycles. The highest BCUT2D eigenvalue weighted by atomic mass is 35.5. The van der Waals surface area contributed by atoms with Crippen molar-refractivity contribution in [1.82, 2.24) is 5.32 Å². The van der Waals surface area contributed by atoms with Crippen molar-refractivity contribution < 1.29 is 19.4 Å². The summed E-state index contributed by atoms with van der Waals surface area (Å²) >= 11 is 11.6. The summed E-state index contributed by atoms with van der Waals surface area (Å²) in [4.78, 5) is 22.2. The second kappa shape index (κ2) is 7.33. The van der Waals surface area contributed by atoms with Crippen molar-refractivity contribution >= 4 is 35.1 Å². The molecule has 0 aromatic heterocycles. The van der Waals surface area contributed by atoms with Gasteiger partial charge in [-0.3, -0.25) is 4.79 Å². The van der Waals surface area contributed by atoms with E-state index in [-0.39, 0.29) is 19.1 Å². The smallest absolute Gasteiger partial charge is 0.332 e. The number of carboxylic acids is 1. The first-order valence-electron chi connectivity index (χ1n) is 5.49. The lowest BCUT2D eigenvalue weighted by Gasteiger charge is -2.09. The molecule has 0 aliphatic heterocycles. The average molecular weight is 306 g/mol. The summed E-state index contributed by atoms with van der Waals surface area (Å²) in [5.74, 6) is -1.40. The summed E-state index contributed by atoms with van der Waals surface area (Å²) in [6.07, 6.45) is -0.905. The minimum absolute atomic E-state index is 0.105. The lowest BCUT2D eigenvalue weighted by Crippen LogP contribution is -2.30. The number of carbonyl (C=O) groups excluding carboxylic acids is 1. The molecule has 0 aliphatic rings. The third-order valence-electron chi connectivity index (χ3n) is 2.23. The number of amides is 1. The topological polar surface area (TPSA) is 75.6 Å². The fraction of sp³-hybridized carbons (Fsp3) is 0.333. The van der Waals surface area contributed by atoms with E-state index in [4.69, 9.17) is 33.0 Å². The van der Waals surface area contributed by atoms with Gasteiger partial charge in [-0.1, -0.05) is 23.2 Å². The molecule has 0 saturated carbocycles. The van der Waals surface area contributed by atoms with Crippen LogP contribution < -0.4 is 5.32 Å². The van der Waals surface area contributed by atoms with E-state index in [9.17, 15) is 9.59 Å². The quantitative estimate of drug-likeness (QED) is 0.790. The number of ether oxygens (including phenoxy) is 1. The van der Waals surface area contributed by atoms with E-state index in [2.05, 4.69) is 5.32 Å². The van der Waals surface area contributed by atoms with E-state index in [1.54, 1.807) is 0 Å². The zero-order chi connectivity index (χ0) is 14.4. The van der Waals surface area contributed by atoms with Crippen molar-refractivity contribution in [3.63, 3.8) is 0 Å². The highest BCUT2D eigenvalue weighted by molar-refractivity contribution is 6.35. The molecule has 104 valence electrons. The van der Waals surface area contributed by atoms with Crippen molar-refractivity contribution in [2.75, 3.05) is 13.2 Å². The van der Waals surface area contributed by atoms with Crippen LogP contribution in [0, 0.1) is 0 Å². The molecule has 1 aromatic rings. The molecule has 1 unspecified atom stereocenters. The Morgan fingerprint density at radius 2 is 1.89 bits per heavy atom. The van der Waals surface area contributed by atoms with E-state index in [1.807, 2.05) is 0 Å². The minimum atomic E-state index is -1.05. The van der Waals surface area contributed by atoms with Crippen LogP contribution in [0.3, 0.4) is 0 Å². The van der Waals surface area contributed by atoms with Gasteiger partial charge in [0.15, 0.2) is 6.10 Å². The first-order valence-corrected chi connectivity index (χ1v) is 6.24. The molecule has 0 aliphatic carbocycles. The summed E-state index contributed by atoms with van der Waals surface area (Å²) in [5.41, 5.74) is 0.337. The van der Waals surface area contributed by atoms with Crippen LogP contribution in [-0.4, -0.2) is 36.2 Å². The lowest BCUT2D eigenvalue weighted by atomic mass is 10.2. The number of nitrogens with one attached hydrogen (secondary N) is 1. The zero-order valence-corrected chi connectivity index (χ0v) is 11.7. The third-order valence-corrected chi connectivity index (χ3v) is 2.66. The van der Waals surface area contributed by atoms with Crippen LogP contribution in [0.1, 0.15) is 17.3 Å². The van der Waals surface area contributed by atoms with Crippen LogP contribution >= 0.6 is 23.2 Å². The first kappa shape index (κ1) is 15.8. The van der Waals surface area contributed by atoms with Crippen molar-refractivity contribution in [2.45, 2.75) is 13.0 Å². The predicted octanol–water partition coefficient (Wildman–Crippen LogP) is 2.21. The average Bonchev–Trinajstić information content (AvgIpc) is 2.32. The molecule has 7 heteroatoms. The van der Waals surface area contributed by atoms with E-state index in [1.165, 1.54) is 25.1 Å². The second-order valence-corrected chi connectivity index (χ2v) is 4.64. The maximum atomic E-state index is 11.7. The van der Waals surface area contributed by atoms with Crippen molar-refractivity contribution in [1.29, 1.82) is 0 Å². The maximum Gasteiger partial charge on any atom is 0.332 e. The monoisotopic (exact) mass is 305 g/mol. The van der Waals surface area contributed by atoms with Crippen LogP contribution in [-0.2, 0) is 9.53 Å². The van der Waals surface area contributed by atoms with Gasteiger partial charge in [0.1, 0.15) is 0 Å². The van der Waals surface area contributed by atoms with E-state index < -0.39 is 12.1 Å². The summed E-state index contributed by atoms with van der Waals surface area (Å²) < 4.78 is 4.97. The van der Waals surface area contributed by atoms with Gasteiger partial charge in [-0.25, -0.2) is 4.79 Å². The molecule has 0 heterocycles. The molecule has 5 nitrogen and oxygen atoms in total. The lowest BCUT2D eigenvalue weighted by molar-refractivity contribution is -0.148. The first-order chi connectivity index (χ1) is 8.90. The van der Waals surface area contributed by atoms with Crippen molar-refractivity contribution in [3.05, 3.63) is 33.8 Å². The van der Waals surface area contributed by atoms with Crippen LogP contribution in [0.2, 0.25) is 10.0 Å². The molecule has 19 heavy (non-hydrogen) atoms. The van der Waals surface area contributed by atoms with Gasteiger partial charge in [0.2, 0.25) is 0 Å². The molecule has 0 bridgehead atoms. The Morgan fingerprint density at radius 1 is 1.32 bits per heavy atom. The predicted molar refractivity (Wildman–Crippen MR) is 71.8 cm³/mol. The largest absolute Gasteiger partial charge is 0.479 e. The fourth-order valence-corrected chi connectivity index (χ4v) is 1.78. The van der Waals surface area contributed by atoms with Crippen molar-refractivity contribution in [3.8, 4) is 0 Å².